The van der Waals surface area contributed by atoms with Gasteiger partial charge in [-0.1, -0.05) is 41.8 Å². The highest BCUT2D eigenvalue weighted by Gasteiger charge is 2.18. The largest absolute Gasteiger partial charge is 0.293 e. The molecule has 0 aliphatic rings. The first-order valence-corrected chi connectivity index (χ1v) is 8.71. The van der Waals surface area contributed by atoms with Crippen LogP contribution in [0, 0.1) is 5.82 Å². The third kappa shape index (κ3) is 4.04. The van der Waals surface area contributed by atoms with Gasteiger partial charge in [-0.3, -0.25) is 4.79 Å². The number of ketones is 1. The molecule has 0 aliphatic carbocycles. The van der Waals surface area contributed by atoms with Gasteiger partial charge in [0.1, 0.15) is 5.82 Å². The standard InChI is InChI=1S/C13H13FN2OS3/c1-3-18-12-15-16-13(20-12)19-8(2)11(17)9-4-6-10(14)7-5-9/h4-8H,3H2,1-2H3. The number of hydrogen-bond acceptors (Lipinski definition) is 6. The SMILES string of the molecule is CCSc1nnc(SC(C)C(=O)c2ccc(F)cc2)s1. The minimum absolute atomic E-state index is 0.0325. The van der Waals surface area contributed by atoms with Crippen LogP contribution in [0.1, 0.15) is 24.2 Å². The number of carbonyl (C=O) groups is 1. The van der Waals surface area contributed by atoms with Crippen LogP contribution >= 0.6 is 34.9 Å². The third-order valence-electron chi connectivity index (χ3n) is 2.43. The van der Waals surface area contributed by atoms with E-state index in [1.165, 1.54) is 47.4 Å². The van der Waals surface area contributed by atoms with Crippen LogP contribution < -0.4 is 0 Å². The molecule has 0 aliphatic heterocycles. The van der Waals surface area contributed by atoms with E-state index >= 15 is 0 Å². The highest BCUT2D eigenvalue weighted by Crippen LogP contribution is 2.32. The Kier molecular flexibility index (Phi) is 5.56. The maximum absolute atomic E-state index is 12.8. The van der Waals surface area contributed by atoms with Gasteiger partial charge in [0.15, 0.2) is 14.5 Å². The van der Waals surface area contributed by atoms with E-state index in [1.54, 1.807) is 11.8 Å². The number of thioether (sulfide) groups is 2. The molecule has 0 spiro atoms. The molecule has 2 rings (SSSR count). The molecule has 1 atom stereocenters. The fourth-order valence-electron chi connectivity index (χ4n) is 1.48. The number of aromatic nitrogens is 2. The van der Waals surface area contributed by atoms with E-state index in [9.17, 15) is 9.18 Å². The van der Waals surface area contributed by atoms with Crippen LogP contribution in [0.5, 0.6) is 0 Å². The smallest absolute Gasteiger partial charge is 0.175 e. The van der Waals surface area contributed by atoms with Gasteiger partial charge in [0.25, 0.3) is 0 Å². The molecule has 3 nitrogen and oxygen atoms in total. The quantitative estimate of drug-likeness (QED) is 0.588. The Hall–Kier alpha value is -0.920. The minimum atomic E-state index is -0.341. The predicted molar refractivity (Wildman–Crippen MR) is 82.4 cm³/mol. The van der Waals surface area contributed by atoms with E-state index in [0.29, 0.717) is 5.56 Å². The molecule has 0 bridgehead atoms. The Balaban J connectivity index is 2.01. The summed E-state index contributed by atoms with van der Waals surface area (Å²) in [5, 5.41) is 7.85. The van der Waals surface area contributed by atoms with Crippen molar-refractivity contribution in [3.63, 3.8) is 0 Å². The summed E-state index contributed by atoms with van der Waals surface area (Å²) in [5.74, 6) is 0.575. The van der Waals surface area contributed by atoms with E-state index in [0.717, 1.165) is 14.4 Å². The predicted octanol–water partition coefficient (Wildman–Crippen LogP) is 4.15. The molecule has 2 aromatic rings. The van der Waals surface area contributed by atoms with Gasteiger partial charge in [0, 0.05) is 5.56 Å². The van der Waals surface area contributed by atoms with E-state index in [-0.39, 0.29) is 16.9 Å². The minimum Gasteiger partial charge on any atom is -0.293 e. The summed E-state index contributed by atoms with van der Waals surface area (Å²) in [6, 6.07) is 5.61. The monoisotopic (exact) mass is 328 g/mol. The average molecular weight is 328 g/mol. The summed E-state index contributed by atoms with van der Waals surface area (Å²) in [7, 11) is 0. The van der Waals surface area contributed by atoms with Crippen molar-refractivity contribution >= 4 is 40.6 Å². The lowest BCUT2D eigenvalue weighted by Crippen LogP contribution is -2.13. The van der Waals surface area contributed by atoms with E-state index in [4.69, 9.17) is 0 Å². The van der Waals surface area contributed by atoms with Crippen molar-refractivity contribution in [3.8, 4) is 0 Å². The summed E-state index contributed by atoms with van der Waals surface area (Å²) in [4.78, 5) is 12.2. The van der Waals surface area contributed by atoms with Gasteiger partial charge in [-0.2, -0.15) is 0 Å². The Morgan fingerprint density at radius 2 is 1.95 bits per heavy atom. The number of nitrogens with zero attached hydrogens (tertiary/aromatic N) is 2. The van der Waals surface area contributed by atoms with Crippen molar-refractivity contribution in [3.05, 3.63) is 35.6 Å². The fraction of sp³-hybridized carbons (Fsp3) is 0.308. The summed E-state index contributed by atoms with van der Waals surface area (Å²) in [6.45, 7) is 3.88. The Labute approximate surface area is 129 Å². The highest BCUT2D eigenvalue weighted by atomic mass is 32.2. The fourth-order valence-corrected chi connectivity index (χ4v) is 4.62. The summed E-state index contributed by atoms with van der Waals surface area (Å²) >= 11 is 4.51. The van der Waals surface area contributed by atoms with Crippen LogP contribution in [0.25, 0.3) is 0 Å². The third-order valence-corrected chi connectivity index (χ3v) is 5.55. The first-order valence-electron chi connectivity index (χ1n) is 6.03. The lowest BCUT2D eigenvalue weighted by atomic mass is 10.1. The van der Waals surface area contributed by atoms with Crippen LogP contribution in [0.4, 0.5) is 4.39 Å². The Morgan fingerprint density at radius 3 is 2.60 bits per heavy atom. The van der Waals surface area contributed by atoms with Gasteiger partial charge in [0.2, 0.25) is 0 Å². The molecule has 1 aromatic carbocycles. The van der Waals surface area contributed by atoms with Gasteiger partial charge >= 0.3 is 0 Å². The Bertz CT molecular complexity index is 586. The molecule has 1 unspecified atom stereocenters. The zero-order chi connectivity index (χ0) is 14.5. The number of carbonyl (C=O) groups excluding carboxylic acids is 1. The zero-order valence-corrected chi connectivity index (χ0v) is 13.4. The summed E-state index contributed by atoms with van der Waals surface area (Å²) < 4.78 is 14.5. The second kappa shape index (κ2) is 7.19. The summed E-state index contributed by atoms with van der Waals surface area (Å²) in [5.41, 5.74) is 0.513. The molecule has 0 N–H and O–H groups in total. The molecule has 0 radical (unpaired) electrons. The molecule has 1 heterocycles. The molecule has 106 valence electrons. The highest BCUT2D eigenvalue weighted by molar-refractivity contribution is 8.03. The van der Waals surface area contributed by atoms with Gasteiger partial charge in [-0.25, -0.2) is 4.39 Å². The van der Waals surface area contributed by atoms with Crippen LogP contribution in [0.3, 0.4) is 0 Å². The summed E-state index contributed by atoms with van der Waals surface area (Å²) in [6.07, 6.45) is 0. The van der Waals surface area contributed by atoms with Crippen LogP contribution in [-0.4, -0.2) is 27.0 Å². The van der Waals surface area contributed by atoms with E-state index in [1.807, 2.05) is 6.92 Å². The molecule has 0 fully saturated rings. The van der Waals surface area contributed by atoms with Crippen molar-refractivity contribution in [2.24, 2.45) is 0 Å². The van der Waals surface area contributed by atoms with E-state index in [2.05, 4.69) is 17.1 Å². The maximum atomic E-state index is 12.8. The molecule has 0 saturated carbocycles. The first kappa shape index (κ1) is 15.5. The Morgan fingerprint density at radius 1 is 1.30 bits per heavy atom. The van der Waals surface area contributed by atoms with Crippen molar-refractivity contribution < 1.29 is 9.18 Å². The average Bonchev–Trinajstić information content (AvgIpc) is 2.86. The van der Waals surface area contributed by atoms with Gasteiger partial charge in [-0.15, -0.1) is 10.2 Å². The number of rotatable bonds is 6. The molecule has 1 aromatic heterocycles. The molecule has 0 saturated heterocycles. The molecule has 20 heavy (non-hydrogen) atoms. The van der Waals surface area contributed by atoms with Crippen LogP contribution in [-0.2, 0) is 0 Å². The number of hydrogen-bond donors (Lipinski definition) is 0. The van der Waals surface area contributed by atoms with Crippen molar-refractivity contribution in [1.29, 1.82) is 0 Å². The first-order chi connectivity index (χ1) is 9.60. The molecule has 0 amide bonds. The van der Waals surface area contributed by atoms with Gasteiger partial charge < -0.3 is 0 Å². The van der Waals surface area contributed by atoms with Crippen LogP contribution in [0.2, 0.25) is 0 Å². The zero-order valence-electron chi connectivity index (χ0n) is 11.0. The number of halogens is 1. The lowest BCUT2D eigenvalue weighted by molar-refractivity contribution is 0.0994. The maximum Gasteiger partial charge on any atom is 0.175 e. The van der Waals surface area contributed by atoms with Crippen LogP contribution in [0.15, 0.2) is 32.9 Å². The van der Waals surface area contributed by atoms with Crippen molar-refractivity contribution in [1.82, 2.24) is 10.2 Å². The second-order valence-corrected chi connectivity index (χ2v) is 7.97. The normalized spacial score (nSPS) is 12.3. The number of Topliss-reactive ketones (excluding diaryl/α,β-unsaturated/α-hetero) is 1. The van der Waals surface area contributed by atoms with Gasteiger partial charge in [-0.05, 0) is 36.9 Å². The second-order valence-electron chi connectivity index (χ2n) is 3.90. The van der Waals surface area contributed by atoms with Crippen molar-refractivity contribution in [2.45, 2.75) is 27.8 Å². The molecular formula is C13H13FN2OS3. The van der Waals surface area contributed by atoms with Crippen molar-refractivity contribution in [2.75, 3.05) is 5.75 Å². The topological polar surface area (TPSA) is 42.9 Å². The van der Waals surface area contributed by atoms with Gasteiger partial charge in [0.05, 0.1) is 5.25 Å². The molecule has 7 heteroatoms. The lowest BCUT2D eigenvalue weighted by Gasteiger charge is -2.07. The number of benzene rings is 1. The molecular weight excluding hydrogens is 315 g/mol. The van der Waals surface area contributed by atoms with E-state index < -0.39 is 0 Å².